The molecule has 5 heterocycles. The molecular weight excluding hydrogens is 321 g/mol. The Morgan fingerprint density at radius 2 is 2.04 bits per heavy atom. The standard InChI is InChI=1S/C17H14FN7/c18-11-3-1-7-25-14(11)9-13(23-25)16-15-12(21-10-22-15)4-8-24(16)17-19-5-2-6-20-17/h1-3,5-7,9-10,16H,4,8H2,(H,21,22). The number of aromatic nitrogens is 6. The fraction of sp³-hybridized carbons (Fsp3) is 0.176. The van der Waals surface area contributed by atoms with Crippen LogP contribution >= 0.6 is 0 Å². The van der Waals surface area contributed by atoms with Crippen LogP contribution in [0.3, 0.4) is 0 Å². The maximum absolute atomic E-state index is 14.1. The van der Waals surface area contributed by atoms with Gasteiger partial charge in [-0.05, 0) is 24.3 Å². The molecule has 0 aromatic carbocycles. The van der Waals surface area contributed by atoms with Crippen molar-refractivity contribution in [2.75, 3.05) is 11.4 Å². The lowest BCUT2D eigenvalue weighted by Gasteiger charge is -2.33. The Hall–Kier alpha value is -3.29. The van der Waals surface area contributed by atoms with Crippen LogP contribution in [0, 0.1) is 5.82 Å². The van der Waals surface area contributed by atoms with Crippen molar-refractivity contribution in [2.24, 2.45) is 0 Å². The molecular formula is C17H14FN7. The average molecular weight is 335 g/mol. The van der Waals surface area contributed by atoms with Crippen molar-refractivity contribution in [3.05, 3.63) is 72.1 Å². The number of halogens is 1. The second-order valence-electron chi connectivity index (χ2n) is 5.92. The number of imidazole rings is 1. The van der Waals surface area contributed by atoms with E-state index in [-0.39, 0.29) is 11.9 Å². The minimum atomic E-state index is -0.304. The highest BCUT2D eigenvalue weighted by atomic mass is 19.1. The summed E-state index contributed by atoms with van der Waals surface area (Å²) in [7, 11) is 0. The highest BCUT2D eigenvalue weighted by Crippen LogP contribution is 2.35. The van der Waals surface area contributed by atoms with E-state index in [4.69, 9.17) is 0 Å². The summed E-state index contributed by atoms with van der Waals surface area (Å²) in [5.41, 5.74) is 3.09. The Bertz CT molecular complexity index is 1040. The number of nitrogens with one attached hydrogen (secondary N) is 1. The molecule has 0 spiro atoms. The van der Waals surface area contributed by atoms with E-state index >= 15 is 0 Å². The molecule has 1 N–H and O–H groups in total. The molecule has 1 aliphatic heterocycles. The molecule has 25 heavy (non-hydrogen) atoms. The number of pyridine rings is 1. The van der Waals surface area contributed by atoms with E-state index in [1.807, 2.05) is 0 Å². The molecule has 0 saturated carbocycles. The molecule has 0 aliphatic carbocycles. The third-order valence-corrected chi connectivity index (χ3v) is 4.48. The summed E-state index contributed by atoms with van der Waals surface area (Å²) in [6.07, 6.45) is 7.65. The first kappa shape index (κ1) is 14.1. The summed E-state index contributed by atoms with van der Waals surface area (Å²) in [6.45, 7) is 0.722. The van der Waals surface area contributed by atoms with Gasteiger partial charge in [0.25, 0.3) is 0 Å². The fourth-order valence-corrected chi connectivity index (χ4v) is 3.36. The number of aromatic amines is 1. The van der Waals surface area contributed by atoms with Gasteiger partial charge in [0.2, 0.25) is 5.95 Å². The zero-order chi connectivity index (χ0) is 16.8. The molecule has 124 valence electrons. The molecule has 1 atom stereocenters. The molecule has 5 rings (SSSR count). The first-order valence-corrected chi connectivity index (χ1v) is 8.01. The number of rotatable bonds is 2. The Morgan fingerprint density at radius 3 is 2.88 bits per heavy atom. The van der Waals surface area contributed by atoms with Crippen LogP contribution in [0.15, 0.2) is 49.2 Å². The quantitative estimate of drug-likeness (QED) is 0.607. The first-order valence-electron chi connectivity index (χ1n) is 8.01. The summed E-state index contributed by atoms with van der Waals surface area (Å²) < 4.78 is 15.7. The molecule has 0 saturated heterocycles. The fourth-order valence-electron chi connectivity index (χ4n) is 3.36. The molecule has 7 nitrogen and oxygen atoms in total. The molecule has 4 aromatic rings. The van der Waals surface area contributed by atoms with Gasteiger partial charge in [-0.2, -0.15) is 5.10 Å². The van der Waals surface area contributed by atoms with Gasteiger partial charge < -0.3 is 9.88 Å². The summed E-state index contributed by atoms with van der Waals surface area (Å²) in [5.74, 6) is 0.306. The maximum Gasteiger partial charge on any atom is 0.226 e. The van der Waals surface area contributed by atoms with E-state index in [2.05, 4.69) is 29.9 Å². The van der Waals surface area contributed by atoms with Crippen molar-refractivity contribution in [3.63, 3.8) is 0 Å². The zero-order valence-corrected chi connectivity index (χ0v) is 13.2. The highest BCUT2D eigenvalue weighted by molar-refractivity contribution is 5.53. The number of anilines is 1. The molecule has 0 fully saturated rings. The van der Waals surface area contributed by atoms with Crippen LogP contribution in [0.2, 0.25) is 0 Å². The largest absolute Gasteiger partial charge is 0.348 e. The number of nitrogens with zero attached hydrogens (tertiary/aromatic N) is 6. The lowest BCUT2D eigenvalue weighted by atomic mass is 10.0. The molecule has 1 aliphatic rings. The van der Waals surface area contributed by atoms with Gasteiger partial charge in [-0.25, -0.2) is 23.9 Å². The van der Waals surface area contributed by atoms with Gasteiger partial charge in [-0.15, -0.1) is 0 Å². The lowest BCUT2D eigenvalue weighted by molar-refractivity contribution is 0.601. The van der Waals surface area contributed by atoms with E-state index in [1.165, 1.54) is 6.07 Å². The molecule has 0 radical (unpaired) electrons. The number of H-pyrrole nitrogens is 1. The van der Waals surface area contributed by atoms with E-state index in [9.17, 15) is 4.39 Å². The van der Waals surface area contributed by atoms with Crippen LogP contribution in [0.1, 0.15) is 23.1 Å². The highest BCUT2D eigenvalue weighted by Gasteiger charge is 2.34. The van der Waals surface area contributed by atoms with Gasteiger partial charge in [0.15, 0.2) is 0 Å². The summed E-state index contributed by atoms with van der Waals surface area (Å²) in [5, 5.41) is 4.58. The Kier molecular flexibility index (Phi) is 3.03. The minimum Gasteiger partial charge on any atom is -0.348 e. The number of hydrogen-bond acceptors (Lipinski definition) is 5. The van der Waals surface area contributed by atoms with Crippen LogP contribution in [0.25, 0.3) is 5.52 Å². The Labute approximate surface area is 142 Å². The molecule has 0 amide bonds. The van der Waals surface area contributed by atoms with Gasteiger partial charge in [-0.3, -0.25) is 0 Å². The van der Waals surface area contributed by atoms with Crippen molar-refractivity contribution in [1.82, 2.24) is 29.5 Å². The summed E-state index contributed by atoms with van der Waals surface area (Å²) in [4.78, 5) is 18.5. The van der Waals surface area contributed by atoms with E-state index in [1.54, 1.807) is 47.6 Å². The molecule has 0 bridgehead atoms. The number of hydrogen-bond donors (Lipinski definition) is 1. The summed E-state index contributed by atoms with van der Waals surface area (Å²) in [6, 6.07) is 6.34. The number of fused-ring (bicyclic) bond motifs is 2. The molecule has 4 aromatic heterocycles. The molecule has 1 unspecified atom stereocenters. The van der Waals surface area contributed by atoms with Crippen molar-refractivity contribution < 1.29 is 4.39 Å². The minimum absolute atomic E-state index is 0.267. The van der Waals surface area contributed by atoms with Crippen molar-refractivity contribution in [2.45, 2.75) is 12.5 Å². The van der Waals surface area contributed by atoms with Gasteiger partial charge in [0.1, 0.15) is 17.4 Å². The van der Waals surface area contributed by atoms with Crippen molar-refractivity contribution in [1.29, 1.82) is 0 Å². The second kappa shape index (κ2) is 5.37. The van der Waals surface area contributed by atoms with Crippen molar-refractivity contribution >= 4 is 11.5 Å². The second-order valence-corrected chi connectivity index (χ2v) is 5.92. The predicted octanol–water partition coefficient (Wildman–Crippen LogP) is 2.14. The van der Waals surface area contributed by atoms with Crippen LogP contribution in [0.5, 0.6) is 0 Å². The molecule has 8 heteroatoms. The summed E-state index contributed by atoms with van der Waals surface area (Å²) >= 11 is 0. The van der Waals surface area contributed by atoms with Crippen molar-refractivity contribution in [3.8, 4) is 0 Å². The third kappa shape index (κ3) is 2.18. The zero-order valence-electron chi connectivity index (χ0n) is 13.2. The van der Waals surface area contributed by atoms with E-state index < -0.39 is 0 Å². The normalized spacial score (nSPS) is 17.0. The Balaban J connectivity index is 1.70. The van der Waals surface area contributed by atoms with E-state index in [0.29, 0.717) is 17.2 Å². The monoisotopic (exact) mass is 335 g/mol. The SMILES string of the molecule is Fc1cccn2nc(C3c4nc[nH]c4CCN3c3ncccn3)cc12. The van der Waals surface area contributed by atoms with Crippen LogP contribution < -0.4 is 4.90 Å². The first-order chi connectivity index (χ1) is 12.3. The van der Waals surface area contributed by atoms with Gasteiger partial charge in [0.05, 0.1) is 17.7 Å². The van der Waals surface area contributed by atoms with Gasteiger partial charge >= 0.3 is 0 Å². The maximum atomic E-state index is 14.1. The van der Waals surface area contributed by atoms with Gasteiger partial charge in [-0.1, -0.05) is 0 Å². The van der Waals surface area contributed by atoms with Crippen LogP contribution in [-0.4, -0.2) is 36.1 Å². The van der Waals surface area contributed by atoms with Gasteiger partial charge in [0, 0.05) is 37.3 Å². The third-order valence-electron chi connectivity index (χ3n) is 4.48. The average Bonchev–Trinajstić information content (AvgIpc) is 3.29. The predicted molar refractivity (Wildman–Crippen MR) is 88.7 cm³/mol. The topological polar surface area (TPSA) is 75.0 Å². The van der Waals surface area contributed by atoms with Crippen LogP contribution in [-0.2, 0) is 6.42 Å². The van der Waals surface area contributed by atoms with Crippen LogP contribution in [0.4, 0.5) is 10.3 Å². The van der Waals surface area contributed by atoms with E-state index in [0.717, 1.165) is 24.4 Å². The lowest BCUT2D eigenvalue weighted by Crippen LogP contribution is -2.37. The Morgan fingerprint density at radius 1 is 1.16 bits per heavy atom. The smallest absolute Gasteiger partial charge is 0.226 e.